The molecule has 6 heteroatoms. The quantitative estimate of drug-likeness (QED) is 0.778. The van der Waals surface area contributed by atoms with E-state index in [1.165, 1.54) is 20.3 Å². The minimum atomic E-state index is -0.638. The molecule has 0 fully saturated rings. The van der Waals surface area contributed by atoms with Gasteiger partial charge < -0.3 is 14.4 Å². The average molecular weight is 362 g/mol. The molecule has 2 aromatic rings. The molecule has 0 bridgehead atoms. The number of aromatic nitrogens is 1. The van der Waals surface area contributed by atoms with Crippen LogP contribution in [0.2, 0.25) is 0 Å². The van der Waals surface area contributed by atoms with Crippen LogP contribution in [-0.4, -0.2) is 31.1 Å². The van der Waals surface area contributed by atoms with E-state index in [9.17, 15) is 9.59 Å². The van der Waals surface area contributed by atoms with Gasteiger partial charge in [-0.3, -0.25) is 4.98 Å². The first-order valence-corrected chi connectivity index (χ1v) is 8.21. The molecule has 3 rings (SSSR count). The van der Waals surface area contributed by atoms with Gasteiger partial charge in [0.1, 0.15) is 5.70 Å². The number of nitrogens with zero attached hydrogens (tertiary/aromatic N) is 2. The highest BCUT2D eigenvalue weighted by molar-refractivity contribution is 6.05. The molecule has 136 valence electrons. The third kappa shape index (κ3) is 3.79. The smallest absolute Gasteiger partial charge is 0.355 e. The van der Waals surface area contributed by atoms with Crippen LogP contribution in [0.15, 0.2) is 84.5 Å². The Kier molecular flexibility index (Phi) is 5.47. The topological polar surface area (TPSA) is 68.7 Å². The zero-order valence-corrected chi connectivity index (χ0v) is 15.0. The minimum absolute atomic E-state index is 0.0845. The first-order chi connectivity index (χ1) is 13.2. The SMILES string of the molecule is COC(=O)C1=C(C(=O)OC)N(c2cccc(-c3ccncc3)c2)C=CC=C1. The summed E-state index contributed by atoms with van der Waals surface area (Å²) in [6.45, 7) is 0. The van der Waals surface area contributed by atoms with Crippen molar-refractivity contribution in [3.05, 3.63) is 84.5 Å². The van der Waals surface area contributed by atoms with Crippen molar-refractivity contribution >= 4 is 17.6 Å². The first kappa shape index (κ1) is 18.1. The van der Waals surface area contributed by atoms with E-state index in [1.807, 2.05) is 36.4 Å². The van der Waals surface area contributed by atoms with E-state index in [1.54, 1.807) is 35.6 Å². The van der Waals surface area contributed by atoms with Crippen molar-refractivity contribution in [3.63, 3.8) is 0 Å². The number of hydrogen-bond acceptors (Lipinski definition) is 6. The maximum absolute atomic E-state index is 12.5. The molecular formula is C21H18N2O4. The van der Waals surface area contributed by atoms with E-state index < -0.39 is 11.9 Å². The summed E-state index contributed by atoms with van der Waals surface area (Å²) in [5, 5.41) is 0. The van der Waals surface area contributed by atoms with Gasteiger partial charge in [0.15, 0.2) is 0 Å². The maximum Gasteiger partial charge on any atom is 0.355 e. The number of benzene rings is 1. The van der Waals surface area contributed by atoms with E-state index >= 15 is 0 Å². The highest BCUT2D eigenvalue weighted by Gasteiger charge is 2.27. The van der Waals surface area contributed by atoms with Crippen molar-refractivity contribution in [2.75, 3.05) is 19.1 Å². The number of ether oxygens (including phenoxy) is 2. The van der Waals surface area contributed by atoms with Gasteiger partial charge in [0, 0.05) is 24.3 Å². The van der Waals surface area contributed by atoms with Gasteiger partial charge in [-0.25, -0.2) is 9.59 Å². The van der Waals surface area contributed by atoms with Crippen LogP contribution >= 0.6 is 0 Å². The number of pyridine rings is 1. The molecule has 0 atom stereocenters. The fourth-order valence-corrected chi connectivity index (χ4v) is 2.75. The van der Waals surface area contributed by atoms with Gasteiger partial charge in [0.05, 0.1) is 19.8 Å². The summed E-state index contributed by atoms with van der Waals surface area (Å²) in [5.41, 5.74) is 2.83. The number of allylic oxidation sites excluding steroid dienone is 2. The molecule has 0 amide bonds. The van der Waals surface area contributed by atoms with Crippen molar-refractivity contribution in [2.45, 2.75) is 0 Å². The lowest BCUT2D eigenvalue weighted by molar-refractivity contribution is -0.139. The molecule has 0 radical (unpaired) electrons. The summed E-state index contributed by atoms with van der Waals surface area (Å²) < 4.78 is 9.74. The number of hydrogen-bond donors (Lipinski definition) is 0. The van der Waals surface area contributed by atoms with Gasteiger partial charge in [-0.05, 0) is 47.5 Å². The molecule has 0 unspecified atom stereocenters. The van der Waals surface area contributed by atoms with Crippen molar-refractivity contribution in [3.8, 4) is 11.1 Å². The van der Waals surface area contributed by atoms with Gasteiger partial charge in [-0.15, -0.1) is 0 Å². The fourth-order valence-electron chi connectivity index (χ4n) is 2.75. The Balaban J connectivity index is 2.14. The number of esters is 2. The Bertz CT molecular complexity index is 946. The molecule has 6 nitrogen and oxygen atoms in total. The summed E-state index contributed by atoms with van der Waals surface area (Å²) in [5.74, 6) is -1.26. The van der Waals surface area contributed by atoms with Crippen LogP contribution < -0.4 is 4.90 Å². The molecule has 2 heterocycles. The van der Waals surface area contributed by atoms with Gasteiger partial charge in [-0.1, -0.05) is 18.2 Å². The predicted molar refractivity (Wildman–Crippen MR) is 101 cm³/mol. The maximum atomic E-state index is 12.5. The van der Waals surface area contributed by atoms with Gasteiger partial charge in [-0.2, -0.15) is 0 Å². The predicted octanol–water partition coefficient (Wildman–Crippen LogP) is 3.24. The van der Waals surface area contributed by atoms with Crippen LogP contribution in [0.4, 0.5) is 5.69 Å². The molecule has 27 heavy (non-hydrogen) atoms. The highest BCUT2D eigenvalue weighted by Crippen LogP contribution is 2.29. The van der Waals surface area contributed by atoms with Crippen LogP contribution in [0.5, 0.6) is 0 Å². The fraction of sp³-hybridized carbons (Fsp3) is 0.0952. The van der Waals surface area contributed by atoms with Crippen molar-refractivity contribution in [1.82, 2.24) is 4.98 Å². The molecule has 1 aromatic heterocycles. The molecular weight excluding hydrogens is 344 g/mol. The number of methoxy groups -OCH3 is 2. The van der Waals surface area contributed by atoms with E-state index in [4.69, 9.17) is 9.47 Å². The van der Waals surface area contributed by atoms with Crippen LogP contribution in [0.3, 0.4) is 0 Å². The molecule has 0 aliphatic carbocycles. The second kappa shape index (κ2) is 8.14. The van der Waals surface area contributed by atoms with Crippen molar-refractivity contribution in [2.24, 2.45) is 0 Å². The molecule has 0 saturated heterocycles. The largest absolute Gasteiger partial charge is 0.465 e. The summed E-state index contributed by atoms with van der Waals surface area (Å²) >= 11 is 0. The lowest BCUT2D eigenvalue weighted by Gasteiger charge is -2.23. The van der Waals surface area contributed by atoms with Crippen LogP contribution in [0, 0.1) is 0 Å². The van der Waals surface area contributed by atoms with Crippen molar-refractivity contribution < 1.29 is 19.1 Å². The molecule has 1 aliphatic rings. The lowest BCUT2D eigenvalue weighted by Crippen LogP contribution is -2.26. The third-order valence-corrected chi connectivity index (χ3v) is 4.03. The highest BCUT2D eigenvalue weighted by atomic mass is 16.5. The van der Waals surface area contributed by atoms with Crippen LogP contribution in [0.1, 0.15) is 0 Å². The van der Waals surface area contributed by atoms with Gasteiger partial charge in [0.25, 0.3) is 0 Å². The van der Waals surface area contributed by atoms with Crippen LogP contribution in [0.25, 0.3) is 11.1 Å². The Morgan fingerprint density at radius 1 is 0.926 bits per heavy atom. The number of anilines is 1. The Labute approximate surface area is 157 Å². The molecule has 0 N–H and O–H groups in total. The van der Waals surface area contributed by atoms with Gasteiger partial charge >= 0.3 is 11.9 Å². The van der Waals surface area contributed by atoms with E-state index in [0.717, 1.165) is 11.1 Å². The summed E-state index contributed by atoms with van der Waals surface area (Å²) in [6.07, 6.45) is 10.1. The second-order valence-corrected chi connectivity index (χ2v) is 5.60. The van der Waals surface area contributed by atoms with Gasteiger partial charge in [0.2, 0.25) is 0 Å². The van der Waals surface area contributed by atoms with E-state index in [-0.39, 0.29) is 11.3 Å². The Morgan fingerprint density at radius 3 is 2.37 bits per heavy atom. The number of carbonyl (C=O) groups excluding carboxylic acids is 2. The molecule has 0 saturated carbocycles. The lowest BCUT2D eigenvalue weighted by atomic mass is 10.1. The Hall–Kier alpha value is -3.67. The summed E-state index contributed by atoms with van der Waals surface area (Å²) in [6, 6.07) is 11.4. The van der Waals surface area contributed by atoms with E-state index in [2.05, 4.69) is 4.98 Å². The molecule has 1 aliphatic heterocycles. The summed E-state index contributed by atoms with van der Waals surface area (Å²) in [7, 11) is 2.54. The minimum Gasteiger partial charge on any atom is -0.465 e. The van der Waals surface area contributed by atoms with E-state index in [0.29, 0.717) is 5.69 Å². The zero-order chi connectivity index (χ0) is 19.2. The second-order valence-electron chi connectivity index (χ2n) is 5.60. The molecule has 0 spiro atoms. The normalized spacial score (nSPS) is 13.3. The number of carbonyl (C=O) groups is 2. The standard InChI is InChI=1S/C21H18N2O4/c1-26-20(24)18-8-3-4-13-23(19(18)21(25)27-2)17-7-5-6-16(14-17)15-9-11-22-12-10-15/h3-14H,1-2H3. The summed E-state index contributed by atoms with van der Waals surface area (Å²) in [4.78, 5) is 30.3. The van der Waals surface area contributed by atoms with Crippen molar-refractivity contribution in [1.29, 1.82) is 0 Å². The monoisotopic (exact) mass is 362 g/mol. The third-order valence-electron chi connectivity index (χ3n) is 4.03. The average Bonchev–Trinajstić information content (AvgIpc) is 2.96. The van der Waals surface area contributed by atoms with Crippen LogP contribution in [-0.2, 0) is 19.1 Å². The first-order valence-electron chi connectivity index (χ1n) is 8.21. The number of rotatable bonds is 4. The molecule has 1 aromatic carbocycles. The zero-order valence-electron chi connectivity index (χ0n) is 15.0. The Morgan fingerprint density at radius 2 is 1.67 bits per heavy atom.